The molecule has 0 aliphatic heterocycles. The Bertz CT molecular complexity index is 558. The lowest BCUT2D eigenvalue weighted by atomic mass is 10.3. The van der Waals surface area contributed by atoms with Crippen molar-refractivity contribution >= 4 is 40.8 Å². The minimum atomic E-state index is 0.587. The number of halogens is 2. The van der Waals surface area contributed by atoms with E-state index in [0.717, 1.165) is 29.4 Å². The number of nitrogens with zero attached hydrogens (tertiary/aromatic N) is 1. The lowest BCUT2D eigenvalue weighted by molar-refractivity contribution is 0.968. The maximum atomic E-state index is 6.00. The van der Waals surface area contributed by atoms with Crippen LogP contribution in [0.4, 0.5) is 5.82 Å². The Kier molecular flexibility index (Phi) is 6.02. The topological polar surface area (TPSA) is 24.9 Å². The third-order valence-electron chi connectivity index (χ3n) is 2.68. The summed E-state index contributed by atoms with van der Waals surface area (Å²) in [5, 5.41) is 4.44. The van der Waals surface area contributed by atoms with E-state index in [1.165, 1.54) is 5.56 Å². The number of hydrogen-bond acceptors (Lipinski definition) is 3. The second-order valence-electron chi connectivity index (χ2n) is 4.34. The highest BCUT2D eigenvalue weighted by atomic mass is 35.5. The molecule has 0 aliphatic carbocycles. The van der Waals surface area contributed by atoms with Crippen molar-refractivity contribution in [2.75, 3.05) is 11.9 Å². The zero-order valence-electron chi connectivity index (χ0n) is 11.2. The maximum Gasteiger partial charge on any atom is 0.125 e. The molecule has 0 amide bonds. The van der Waals surface area contributed by atoms with E-state index >= 15 is 0 Å². The van der Waals surface area contributed by atoms with Crippen LogP contribution in [0.25, 0.3) is 0 Å². The average Bonchev–Trinajstić information content (AvgIpc) is 2.47. The Balaban J connectivity index is 1.91. The van der Waals surface area contributed by atoms with Crippen molar-refractivity contribution in [2.24, 2.45) is 0 Å². The van der Waals surface area contributed by atoms with Gasteiger partial charge in [0.1, 0.15) is 5.82 Å². The summed E-state index contributed by atoms with van der Waals surface area (Å²) < 4.78 is 0. The first-order valence-electron chi connectivity index (χ1n) is 6.45. The van der Waals surface area contributed by atoms with Gasteiger partial charge in [-0.05, 0) is 36.2 Å². The van der Waals surface area contributed by atoms with Gasteiger partial charge < -0.3 is 5.32 Å². The lowest BCUT2D eigenvalue weighted by Crippen LogP contribution is -2.01. The fourth-order valence-corrected chi connectivity index (χ4v) is 2.83. The van der Waals surface area contributed by atoms with Crippen molar-refractivity contribution in [3.05, 3.63) is 52.1 Å². The van der Waals surface area contributed by atoms with E-state index in [1.807, 2.05) is 30.5 Å². The van der Waals surface area contributed by atoms with Gasteiger partial charge in [-0.3, -0.25) is 0 Å². The predicted molar refractivity (Wildman–Crippen MR) is 89.0 cm³/mol. The zero-order valence-corrected chi connectivity index (χ0v) is 13.5. The first kappa shape index (κ1) is 15.5. The molecule has 0 bridgehead atoms. The van der Waals surface area contributed by atoms with Gasteiger partial charge in [-0.15, -0.1) is 11.8 Å². The molecule has 0 fully saturated rings. The van der Waals surface area contributed by atoms with Gasteiger partial charge in [-0.25, -0.2) is 4.98 Å². The fraction of sp³-hybridized carbons (Fsp3) is 0.267. The molecule has 2 rings (SSSR count). The van der Waals surface area contributed by atoms with Gasteiger partial charge in [-0.1, -0.05) is 36.2 Å². The van der Waals surface area contributed by atoms with Crippen molar-refractivity contribution in [2.45, 2.75) is 24.0 Å². The van der Waals surface area contributed by atoms with Crippen LogP contribution in [0, 0.1) is 0 Å². The number of thioether (sulfide) groups is 1. The van der Waals surface area contributed by atoms with E-state index in [2.05, 4.69) is 23.3 Å². The zero-order chi connectivity index (χ0) is 14.4. The van der Waals surface area contributed by atoms with E-state index < -0.39 is 0 Å². The smallest absolute Gasteiger partial charge is 0.125 e. The van der Waals surface area contributed by atoms with Crippen LogP contribution in [-0.4, -0.2) is 11.5 Å². The van der Waals surface area contributed by atoms with E-state index in [1.54, 1.807) is 11.8 Å². The summed E-state index contributed by atoms with van der Waals surface area (Å²) in [5.74, 6) is 1.79. The molecule has 2 aromatic rings. The van der Waals surface area contributed by atoms with Gasteiger partial charge in [-0.2, -0.15) is 0 Å². The van der Waals surface area contributed by atoms with Crippen LogP contribution in [0.5, 0.6) is 0 Å². The molecule has 2 nitrogen and oxygen atoms in total. The van der Waals surface area contributed by atoms with Gasteiger partial charge in [0.25, 0.3) is 0 Å². The van der Waals surface area contributed by atoms with Gasteiger partial charge in [0.05, 0.1) is 10.0 Å². The highest BCUT2D eigenvalue weighted by Gasteiger charge is 2.01. The van der Waals surface area contributed by atoms with E-state index in [4.69, 9.17) is 23.2 Å². The third-order valence-corrected chi connectivity index (χ3v) is 4.48. The largest absolute Gasteiger partial charge is 0.370 e. The Morgan fingerprint density at radius 2 is 2.00 bits per heavy atom. The molecular weight excluding hydrogens is 311 g/mol. The number of anilines is 1. The van der Waals surface area contributed by atoms with Crippen LogP contribution in [0.15, 0.2) is 41.4 Å². The van der Waals surface area contributed by atoms with Crippen LogP contribution in [0.2, 0.25) is 10.0 Å². The molecule has 0 unspecified atom stereocenters. The monoisotopic (exact) mass is 326 g/mol. The number of nitrogens with one attached hydrogen (secondary N) is 1. The second-order valence-corrected chi connectivity index (χ2v) is 6.21. The summed E-state index contributed by atoms with van der Waals surface area (Å²) in [4.78, 5) is 5.49. The maximum absolute atomic E-state index is 6.00. The summed E-state index contributed by atoms with van der Waals surface area (Å²) >= 11 is 13.6. The molecule has 1 aromatic carbocycles. The molecule has 1 N–H and O–H groups in total. The third kappa shape index (κ3) is 4.58. The highest BCUT2D eigenvalue weighted by Crippen LogP contribution is 2.29. The summed E-state index contributed by atoms with van der Waals surface area (Å²) in [6, 6.07) is 9.79. The Hall–Kier alpha value is -0.900. The normalized spacial score (nSPS) is 10.6. The standard InChI is InChI=1S/C15H16Cl2N2S/c1-2-7-18-15-6-3-11(9-19-15)10-20-12-4-5-13(16)14(17)8-12/h3-6,8-9H,2,7,10H2,1H3,(H,18,19). The molecule has 1 heterocycles. The first-order valence-corrected chi connectivity index (χ1v) is 8.20. The Morgan fingerprint density at radius 1 is 1.15 bits per heavy atom. The minimum absolute atomic E-state index is 0.587. The van der Waals surface area contributed by atoms with Crippen molar-refractivity contribution in [3.63, 3.8) is 0 Å². The number of pyridine rings is 1. The van der Waals surface area contributed by atoms with Crippen LogP contribution in [-0.2, 0) is 5.75 Å². The van der Waals surface area contributed by atoms with Crippen molar-refractivity contribution in [1.82, 2.24) is 4.98 Å². The average molecular weight is 327 g/mol. The van der Waals surface area contributed by atoms with Gasteiger partial charge >= 0.3 is 0 Å². The number of rotatable bonds is 6. The van der Waals surface area contributed by atoms with Crippen LogP contribution < -0.4 is 5.32 Å². The Morgan fingerprint density at radius 3 is 2.65 bits per heavy atom. The van der Waals surface area contributed by atoms with Gasteiger partial charge in [0.2, 0.25) is 0 Å². The molecule has 5 heteroatoms. The number of hydrogen-bond donors (Lipinski definition) is 1. The van der Waals surface area contributed by atoms with Crippen LogP contribution in [0.3, 0.4) is 0 Å². The first-order chi connectivity index (χ1) is 9.69. The van der Waals surface area contributed by atoms with Gasteiger partial charge in [0.15, 0.2) is 0 Å². The summed E-state index contributed by atoms with van der Waals surface area (Å²) in [7, 11) is 0. The second kappa shape index (κ2) is 7.77. The van der Waals surface area contributed by atoms with Crippen molar-refractivity contribution in [3.8, 4) is 0 Å². The summed E-state index contributed by atoms with van der Waals surface area (Å²) in [6.45, 7) is 3.08. The molecule has 0 saturated heterocycles. The van der Waals surface area contributed by atoms with E-state index in [-0.39, 0.29) is 0 Å². The van der Waals surface area contributed by atoms with Gasteiger partial charge in [0, 0.05) is 23.4 Å². The minimum Gasteiger partial charge on any atom is -0.370 e. The fourth-order valence-electron chi connectivity index (χ4n) is 1.60. The molecule has 0 spiro atoms. The predicted octanol–water partition coefficient (Wildman–Crippen LogP) is 5.50. The summed E-state index contributed by atoms with van der Waals surface area (Å²) in [6.07, 6.45) is 3.00. The molecule has 1 aromatic heterocycles. The number of aromatic nitrogens is 1. The summed E-state index contributed by atoms with van der Waals surface area (Å²) in [5.41, 5.74) is 1.18. The molecule has 106 valence electrons. The molecule has 0 aliphatic rings. The molecule has 0 saturated carbocycles. The Labute approximate surface area is 133 Å². The van der Waals surface area contributed by atoms with Crippen LogP contribution in [0.1, 0.15) is 18.9 Å². The number of benzene rings is 1. The van der Waals surface area contributed by atoms with Crippen LogP contribution >= 0.6 is 35.0 Å². The molecular formula is C15H16Cl2N2S. The van der Waals surface area contributed by atoms with E-state index in [0.29, 0.717) is 10.0 Å². The van der Waals surface area contributed by atoms with Crippen molar-refractivity contribution in [1.29, 1.82) is 0 Å². The molecule has 20 heavy (non-hydrogen) atoms. The quantitative estimate of drug-likeness (QED) is 0.709. The SMILES string of the molecule is CCCNc1ccc(CSc2ccc(Cl)c(Cl)c2)cn1. The van der Waals surface area contributed by atoms with E-state index in [9.17, 15) is 0 Å². The molecule has 0 radical (unpaired) electrons. The van der Waals surface area contributed by atoms with Crippen molar-refractivity contribution < 1.29 is 0 Å². The highest BCUT2D eigenvalue weighted by molar-refractivity contribution is 7.98. The lowest BCUT2D eigenvalue weighted by Gasteiger charge is -2.06. The molecule has 0 atom stereocenters.